The van der Waals surface area contributed by atoms with E-state index in [0.717, 1.165) is 0 Å². The van der Waals surface area contributed by atoms with E-state index in [1.54, 1.807) is 27.2 Å². The maximum absolute atomic E-state index is 9.05. The highest BCUT2D eigenvalue weighted by Gasteiger charge is 2.13. The van der Waals surface area contributed by atoms with E-state index in [4.69, 9.17) is 19.2 Å². The number of para-hydroxylation sites is 1. The number of hydrogen-bond donors (Lipinski definition) is 1. The van der Waals surface area contributed by atoms with E-state index in [1.807, 2.05) is 18.2 Å². The molecule has 2 aromatic rings. The van der Waals surface area contributed by atoms with Gasteiger partial charge in [-0.2, -0.15) is 15.3 Å². The van der Waals surface area contributed by atoms with Crippen LogP contribution in [0.3, 0.4) is 0 Å². The Morgan fingerprint density at radius 1 is 1.43 bits per heavy atom. The number of nitrogens with zero attached hydrogens (tertiary/aromatic N) is 3. The van der Waals surface area contributed by atoms with Gasteiger partial charge in [-0.05, 0) is 19.1 Å². The van der Waals surface area contributed by atoms with Gasteiger partial charge in [0.15, 0.2) is 11.5 Å². The topological polar surface area (TPSA) is 92.7 Å². The molecule has 0 fully saturated rings. The number of methoxy groups -OCH3 is 2. The van der Waals surface area contributed by atoms with E-state index in [2.05, 4.69) is 22.1 Å². The van der Waals surface area contributed by atoms with Crippen molar-refractivity contribution in [1.82, 2.24) is 4.98 Å². The maximum Gasteiger partial charge on any atom is 0.252 e. The van der Waals surface area contributed by atoms with Crippen LogP contribution in [-0.2, 0) is 0 Å². The number of nitriles is 1. The third-order valence-electron chi connectivity index (χ3n) is 2.90. The second-order valence-electron chi connectivity index (χ2n) is 4.54. The molecule has 0 saturated heterocycles. The van der Waals surface area contributed by atoms with Crippen LogP contribution in [0.4, 0.5) is 5.88 Å². The molecule has 0 saturated carbocycles. The molecular formula is C16H16N4O3. The Kier molecular flexibility index (Phi) is 5.00. The molecule has 0 atom stereocenters. The van der Waals surface area contributed by atoms with Crippen LogP contribution in [0.1, 0.15) is 24.1 Å². The summed E-state index contributed by atoms with van der Waals surface area (Å²) in [5.41, 5.74) is 4.09. The fourth-order valence-corrected chi connectivity index (χ4v) is 1.83. The number of oxazole rings is 1. The molecule has 0 radical (unpaired) electrons. The zero-order valence-corrected chi connectivity index (χ0v) is 13.1. The quantitative estimate of drug-likeness (QED) is 0.651. The SMILES string of the molecule is C=C(C)c1nc(C#N)c(N/N=C\c2cccc(OC)c2OC)o1. The zero-order chi connectivity index (χ0) is 16.8. The molecule has 0 spiro atoms. The Hall–Kier alpha value is -3.27. The van der Waals surface area contributed by atoms with Gasteiger partial charge in [0.25, 0.3) is 5.88 Å². The van der Waals surface area contributed by atoms with Crippen LogP contribution < -0.4 is 14.9 Å². The number of allylic oxidation sites excluding steroid dienone is 1. The lowest BCUT2D eigenvalue weighted by atomic mass is 10.2. The minimum Gasteiger partial charge on any atom is -0.493 e. The average molecular weight is 312 g/mol. The third kappa shape index (κ3) is 3.49. The van der Waals surface area contributed by atoms with Gasteiger partial charge >= 0.3 is 0 Å². The van der Waals surface area contributed by atoms with E-state index >= 15 is 0 Å². The lowest BCUT2D eigenvalue weighted by Gasteiger charge is -2.09. The van der Waals surface area contributed by atoms with Gasteiger partial charge in [-0.15, -0.1) is 0 Å². The number of hydrazone groups is 1. The van der Waals surface area contributed by atoms with Crippen LogP contribution in [0.2, 0.25) is 0 Å². The zero-order valence-electron chi connectivity index (χ0n) is 13.1. The molecule has 0 aliphatic carbocycles. The van der Waals surface area contributed by atoms with Crippen molar-refractivity contribution in [3.63, 3.8) is 0 Å². The number of ether oxygens (including phenoxy) is 2. The van der Waals surface area contributed by atoms with Crippen molar-refractivity contribution in [2.24, 2.45) is 5.10 Å². The molecule has 7 nitrogen and oxygen atoms in total. The first kappa shape index (κ1) is 16.1. The lowest BCUT2D eigenvalue weighted by molar-refractivity contribution is 0.354. The summed E-state index contributed by atoms with van der Waals surface area (Å²) in [7, 11) is 3.11. The van der Waals surface area contributed by atoms with E-state index in [-0.39, 0.29) is 11.6 Å². The van der Waals surface area contributed by atoms with Crippen LogP contribution >= 0.6 is 0 Å². The summed E-state index contributed by atoms with van der Waals surface area (Å²) in [6.45, 7) is 5.46. The Morgan fingerprint density at radius 3 is 2.83 bits per heavy atom. The highest BCUT2D eigenvalue weighted by molar-refractivity contribution is 5.85. The van der Waals surface area contributed by atoms with Gasteiger partial charge in [0.1, 0.15) is 6.07 Å². The van der Waals surface area contributed by atoms with Crippen LogP contribution in [0.5, 0.6) is 11.5 Å². The first-order valence-electron chi connectivity index (χ1n) is 6.67. The molecule has 1 aromatic carbocycles. The highest BCUT2D eigenvalue weighted by Crippen LogP contribution is 2.29. The second-order valence-corrected chi connectivity index (χ2v) is 4.54. The Balaban J connectivity index is 2.23. The summed E-state index contributed by atoms with van der Waals surface area (Å²) in [6.07, 6.45) is 1.53. The van der Waals surface area contributed by atoms with Crippen molar-refractivity contribution in [1.29, 1.82) is 5.26 Å². The molecule has 1 heterocycles. The molecule has 1 aromatic heterocycles. The summed E-state index contributed by atoms with van der Waals surface area (Å²) in [5, 5.41) is 13.1. The smallest absolute Gasteiger partial charge is 0.252 e. The monoisotopic (exact) mass is 312 g/mol. The van der Waals surface area contributed by atoms with E-state index in [1.165, 1.54) is 6.21 Å². The molecule has 0 aliphatic rings. The summed E-state index contributed by atoms with van der Waals surface area (Å²) in [5.74, 6) is 1.60. The normalized spacial score (nSPS) is 10.3. The van der Waals surface area contributed by atoms with E-state index in [9.17, 15) is 0 Å². The summed E-state index contributed by atoms with van der Waals surface area (Å²) in [4.78, 5) is 4.01. The Morgan fingerprint density at radius 2 is 2.22 bits per heavy atom. The van der Waals surface area contributed by atoms with Crippen LogP contribution in [0.25, 0.3) is 5.57 Å². The lowest BCUT2D eigenvalue weighted by Crippen LogP contribution is -1.97. The molecule has 0 amide bonds. The van der Waals surface area contributed by atoms with Gasteiger partial charge < -0.3 is 13.9 Å². The molecule has 23 heavy (non-hydrogen) atoms. The largest absolute Gasteiger partial charge is 0.493 e. The molecule has 118 valence electrons. The molecule has 7 heteroatoms. The third-order valence-corrected chi connectivity index (χ3v) is 2.90. The Bertz CT molecular complexity index is 787. The van der Waals surface area contributed by atoms with Gasteiger partial charge in [0.2, 0.25) is 11.6 Å². The number of hydrogen-bond acceptors (Lipinski definition) is 7. The predicted molar refractivity (Wildman–Crippen MR) is 86.7 cm³/mol. The standard InChI is InChI=1S/C16H16N4O3/c1-10(2)15-19-12(8-17)16(23-15)20-18-9-11-6-5-7-13(21-3)14(11)22-4/h5-7,9,20H,1H2,2-4H3/b18-9-. The molecule has 0 bridgehead atoms. The van der Waals surface area contributed by atoms with Gasteiger partial charge in [-0.1, -0.05) is 12.6 Å². The van der Waals surface area contributed by atoms with Crippen molar-refractivity contribution >= 4 is 17.7 Å². The molecule has 2 rings (SSSR count). The van der Waals surface area contributed by atoms with E-state index < -0.39 is 0 Å². The Labute approximate surface area is 133 Å². The fraction of sp³-hybridized carbons (Fsp3) is 0.188. The van der Waals surface area contributed by atoms with Crippen LogP contribution in [0.15, 0.2) is 34.3 Å². The van der Waals surface area contributed by atoms with Crippen LogP contribution in [-0.4, -0.2) is 25.4 Å². The first-order valence-corrected chi connectivity index (χ1v) is 6.67. The van der Waals surface area contributed by atoms with Gasteiger partial charge in [-0.25, -0.2) is 5.43 Å². The van der Waals surface area contributed by atoms with Crippen LogP contribution in [0, 0.1) is 11.3 Å². The number of anilines is 1. The number of aromatic nitrogens is 1. The minimum absolute atomic E-state index is 0.109. The van der Waals surface area contributed by atoms with Crippen molar-refractivity contribution < 1.29 is 13.9 Å². The maximum atomic E-state index is 9.05. The summed E-state index contributed by atoms with van der Waals surface area (Å²) < 4.78 is 15.9. The highest BCUT2D eigenvalue weighted by atomic mass is 16.5. The molecule has 0 aliphatic heterocycles. The van der Waals surface area contributed by atoms with Crippen molar-refractivity contribution in [3.8, 4) is 17.6 Å². The average Bonchev–Trinajstić information content (AvgIpc) is 2.98. The van der Waals surface area contributed by atoms with Gasteiger partial charge in [0.05, 0.1) is 20.4 Å². The van der Waals surface area contributed by atoms with Crippen molar-refractivity contribution in [2.75, 3.05) is 19.6 Å². The van der Waals surface area contributed by atoms with Crippen molar-refractivity contribution in [3.05, 3.63) is 41.9 Å². The predicted octanol–water partition coefficient (Wildman–Crippen LogP) is 3.04. The number of nitrogens with one attached hydrogen (secondary N) is 1. The summed E-state index contributed by atoms with van der Waals surface area (Å²) in [6, 6.07) is 7.35. The fourth-order valence-electron chi connectivity index (χ4n) is 1.83. The number of benzene rings is 1. The van der Waals surface area contributed by atoms with Crippen molar-refractivity contribution in [2.45, 2.75) is 6.92 Å². The number of rotatable bonds is 6. The molecule has 1 N–H and O–H groups in total. The molecule has 0 unspecified atom stereocenters. The van der Waals surface area contributed by atoms with E-state index in [0.29, 0.717) is 28.5 Å². The molecular weight excluding hydrogens is 296 g/mol. The van der Waals surface area contributed by atoms with Gasteiger partial charge in [-0.3, -0.25) is 0 Å². The van der Waals surface area contributed by atoms with Gasteiger partial charge in [0, 0.05) is 11.1 Å². The summed E-state index contributed by atoms with van der Waals surface area (Å²) >= 11 is 0. The first-order chi connectivity index (χ1) is 11.1. The minimum atomic E-state index is 0.109. The second kappa shape index (κ2) is 7.13.